The van der Waals surface area contributed by atoms with Gasteiger partial charge in [0.05, 0.1) is 12.7 Å². The summed E-state index contributed by atoms with van der Waals surface area (Å²) >= 11 is 0. The van der Waals surface area contributed by atoms with E-state index in [0.29, 0.717) is 19.1 Å². The zero-order valence-electron chi connectivity index (χ0n) is 11.8. The molecule has 0 aromatic rings. The SMILES string of the molecule is CCOC(=O)CCCCCN(C)CC1CCCO1. The number of carbonyl (C=O) groups is 1. The molecule has 0 amide bonds. The van der Waals surface area contributed by atoms with Crippen molar-refractivity contribution < 1.29 is 14.3 Å². The van der Waals surface area contributed by atoms with Crippen molar-refractivity contribution in [3.05, 3.63) is 0 Å². The molecule has 1 aliphatic rings. The van der Waals surface area contributed by atoms with Crippen molar-refractivity contribution in [1.29, 1.82) is 0 Å². The van der Waals surface area contributed by atoms with Crippen LogP contribution in [0.15, 0.2) is 0 Å². The number of carbonyl (C=O) groups excluding carboxylic acids is 1. The quantitative estimate of drug-likeness (QED) is 0.469. The summed E-state index contributed by atoms with van der Waals surface area (Å²) in [7, 11) is 2.15. The number of ether oxygens (including phenoxy) is 2. The maximum atomic E-state index is 11.1. The third-order valence-electron chi connectivity index (χ3n) is 3.27. The van der Waals surface area contributed by atoms with Crippen molar-refractivity contribution in [2.75, 3.05) is 33.4 Å². The van der Waals surface area contributed by atoms with E-state index in [9.17, 15) is 4.79 Å². The van der Waals surface area contributed by atoms with Crippen LogP contribution >= 0.6 is 0 Å². The first-order valence-corrected chi connectivity index (χ1v) is 7.18. The molecule has 1 rings (SSSR count). The van der Waals surface area contributed by atoms with Crippen molar-refractivity contribution in [3.8, 4) is 0 Å². The highest BCUT2D eigenvalue weighted by Crippen LogP contribution is 2.13. The minimum Gasteiger partial charge on any atom is -0.466 e. The molecule has 4 nitrogen and oxygen atoms in total. The Kier molecular flexibility index (Phi) is 8.01. The third kappa shape index (κ3) is 6.97. The maximum absolute atomic E-state index is 11.1. The largest absolute Gasteiger partial charge is 0.466 e. The molecule has 1 saturated heterocycles. The minimum absolute atomic E-state index is 0.0646. The van der Waals surface area contributed by atoms with E-state index in [0.717, 1.165) is 39.0 Å². The second kappa shape index (κ2) is 9.34. The summed E-state index contributed by atoms with van der Waals surface area (Å²) in [5.74, 6) is -0.0646. The average Bonchev–Trinajstić information content (AvgIpc) is 2.81. The molecule has 0 aromatic heterocycles. The second-order valence-electron chi connectivity index (χ2n) is 5.01. The summed E-state index contributed by atoms with van der Waals surface area (Å²) < 4.78 is 10.5. The van der Waals surface area contributed by atoms with Crippen molar-refractivity contribution >= 4 is 5.97 Å². The van der Waals surface area contributed by atoms with Crippen LogP contribution in [-0.2, 0) is 14.3 Å². The Morgan fingerprint density at radius 3 is 2.89 bits per heavy atom. The molecule has 4 heteroatoms. The van der Waals surface area contributed by atoms with E-state index in [-0.39, 0.29) is 5.97 Å². The van der Waals surface area contributed by atoms with Gasteiger partial charge in [-0.15, -0.1) is 0 Å². The predicted molar refractivity (Wildman–Crippen MR) is 71.6 cm³/mol. The first-order valence-electron chi connectivity index (χ1n) is 7.18. The molecule has 0 N–H and O–H groups in total. The highest BCUT2D eigenvalue weighted by Gasteiger charge is 2.16. The van der Waals surface area contributed by atoms with Crippen molar-refractivity contribution in [2.45, 2.75) is 51.6 Å². The van der Waals surface area contributed by atoms with Gasteiger partial charge in [-0.05, 0) is 46.2 Å². The lowest BCUT2D eigenvalue weighted by molar-refractivity contribution is -0.143. The number of esters is 1. The lowest BCUT2D eigenvalue weighted by atomic mass is 10.2. The van der Waals surface area contributed by atoms with Crippen LogP contribution in [0.3, 0.4) is 0 Å². The lowest BCUT2D eigenvalue weighted by Crippen LogP contribution is -2.29. The van der Waals surface area contributed by atoms with Crippen molar-refractivity contribution in [3.63, 3.8) is 0 Å². The summed E-state index contributed by atoms with van der Waals surface area (Å²) in [6, 6.07) is 0. The van der Waals surface area contributed by atoms with Gasteiger partial charge < -0.3 is 14.4 Å². The number of rotatable bonds is 9. The molecular weight excluding hydrogens is 230 g/mol. The molecule has 1 aliphatic heterocycles. The Morgan fingerprint density at radius 2 is 2.22 bits per heavy atom. The van der Waals surface area contributed by atoms with Crippen LogP contribution in [0, 0.1) is 0 Å². The Morgan fingerprint density at radius 1 is 1.39 bits per heavy atom. The van der Waals surface area contributed by atoms with Gasteiger partial charge in [-0.1, -0.05) is 6.42 Å². The van der Waals surface area contributed by atoms with E-state index in [1.807, 2.05) is 6.92 Å². The predicted octanol–water partition coefficient (Wildman–Crippen LogP) is 2.22. The Bertz CT molecular complexity index is 227. The van der Waals surface area contributed by atoms with Crippen LogP contribution in [0.25, 0.3) is 0 Å². The summed E-state index contributed by atoms with van der Waals surface area (Å²) in [6.07, 6.45) is 6.58. The Labute approximate surface area is 111 Å². The van der Waals surface area contributed by atoms with Gasteiger partial charge in [0.15, 0.2) is 0 Å². The molecule has 0 spiro atoms. The fourth-order valence-corrected chi connectivity index (χ4v) is 2.29. The standard InChI is InChI=1S/C14H27NO3/c1-3-17-14(16)9-5-4-6-10-15(2)12-13-8-7-11-18-13/h13H,3-12H2,1-2H3. The van der Waals surface area contributed by atoms with Gasteiger partial charge in [0.25, 0.3) is 0 Å². The van der Waals surface area contributed by atoms with E-state index >= 15 is 0 Å². The lowest BCUT2D eigenvalue weighted by Gasteiger charge is -2.20. The van der Waals surface area contributed by atoms with Crippen molar-refractivity contribution in [2.24, 2.45) is 0 Å². The van der Waals surface area contributed by atoms with Gasteiger partial charge >= 0.3 is 5.97 Å². The van der Waals surface area contributed by atoms with Crippen LogP contribution in [-0.4, -0.2) is 50.3 Å². The number of nitrogens with zero attached hydrogens (tertiary/aromatic N) is 1. The molecule has 1 fully saturated rings. The molecule has 1 heterocycles. The highest BCUT2D eigenvalue weighted by atomic mass is 16.5. The molecule has 1 atom stereocenters. The Balaban J connectivity index is 1.91. The fourth-order valence-electron chi connectivity index (χ4n) is 2.29. The topological polar surface area (TPSA) is 38.8 Å². The molecular formula is C14H27NO3. The number of hydrogen-bond acceptors (Lipinski definition) is 4. The monoisotopic (exact) mass is 257 g/mol. The molecule has 18 heavy (non-hydrogen) atoms. The number of likely N-dealkylation sites (N-methyl/N-ethyl adjacent to an activating group) is 1. The molecule has 106 valence electrons. The van der Waals surface area contributed by atoms with E-state index in [1.54, 1.807) is 0 Å². The molecule has 0 radical (unpaired) electrons. The smallest absolute Gasteiger partial charge is 0.305 e. The molecule has 0 saturated carbocycles. The van der Waals surface area contributed by atoms with Crippen LogP contribution in [0.4, 0.5) is 0 Å². The minimum atomic E-state index is -0.0646. The van der Waals surface area contributed by atoms with Gasteiger partial charge in [0.2, 0.25) is 0 Å². The van der Waals surface area contributed by atoms with Gasteiger partial charge in [-0.25, -0.2) is 0 Å². The summed E-state index contributed by atoms with van der Waals surface area (Å²) in [6.45, 7) is 5.39. The van der Waals surface area contributed by atoms with E-state index in [1.165, 1.54) is 12.8 Å². The zero-order valence-corrected chi connectivity index (χ0v) is 11.8. The van der Waals surface area contributed by atoms with Gasteiger partial charge in [-0.3, -0.25) is 4.79 Å². The fraction of sp³-hybridized carbons (Fsp3) is 0.929. The van der Waals surface area contributed by atoms with Gasteiger partial charge in [-0.2, -0.15) is 0 Å². The van der Waals surface area contributed by atoms with Gasteiger partial charge in [0.1, 0.15) is 0 Å². The average molecular weight is 257 g/mol. The molecule has 1 unspecified atom stereocenters. The first kappa shape index (κ1) is 15.4. The second-order valence-corrected chi connectivity index (χ2v) is 5.01. The highest BCUT2D eigenvalue weighted by molar-refractivity contribution is 5.69. The Hall–Kier alpha value is -0.610. The maximum Gasteiger partial charge on any atom is 0.305 e. The van der Waals surface area contributed by atoms with E-state index in [4.69, 9.17) is 9.47 Å². The van der Waals surface area contributed by atoms with Crippen LogP contribution in [0.5, 0.6) is 0 Å². The van der Waals surface area contributed by atoms with E-state index < -0.39 is 0 Å². The molecule has 0 aromatic carbocycles. The van der Waals surface area contributed by atoms with E-state index in [2.05, 4.69) is 11.9 Å². The van der Waals surface area contributed by atoms with Crippen LogP contribution < -0.4 is 0 Å². The first-order chi connectivity index (χ1) is 8.72. The third-order valence-corrected chi connectivity index (χ3v) is 3.27. The number of hydrogen-bond donors (Lipinski definition) is 0. The normalized spacial score (nSPS) is 19.4. The number of unbranched alkanes of at least 4 members (excludes halogenated alkanes) is 2. The molecule has 0 bridgehead atoms. The molecule has 0 aliphatic carbocycles. The van der Waals surface area contributed by atoms with Crippen LogP contribution in [0.2, 0.25) is 0 Å². The van der Waals surface area contributed by atoms with Crippen LogP contribution in [0.1, 0.15) is 45.4 Å². The van der Waals surface area contributed by atoms with Gasteiger partial charge in [0, 0.05) is 19.6 Å². The summed E-state index contributed by atoms with van der Waals surface area (Å²) in [5, 5.41) is 0. The zero-order chi connectivity index (χ0) is 13.2. The summed E-state index contributed by atoms with van der Waals surface area (Å²) in [5.41, 5.74) is 0. The summed E-state index contributed by atoms with van der Waals surface area (Å²) in [4.78, 5) is 13.5. The van der Waals surface area contributed by atoms with Crippen molar-refractivity contribution in [1.82, 2.24) is 4.90 Å².